The number of nitriles is 1. The van der Waals surface area contributed by atoms with Gasteiger partial charge in [-0.2, -0.15) is 5.26 Å². The Kier molecular flexibility index (Phi) is 5.11. The molecule has 0 saturated heterocycles. The highest BCUT2D eigenvalue weighted by Gasteiger charge is 2.10. The van der Waals surface area contributed by atoms with Gasteiger partial charge < -0.3 is 9.15 Å². The highest BCUT2D eigenvalue weighted by atomic mass is 19.1. The number of rotatable bonds is 5. The second-order valence-electron chi connectivity index (χ2n) is 7.34. The standard InChI is InChI=1S/C27H17FN2O2/c28-22-6-4-19(5-7-22)27-3-1-2-23(30-27)17-32-24-8-9-25-21(14-24)12-18(15-29)13-26(25)20-10-11-31-16-20/h1-14,16H,17H2. The van der Waals surface area contributed by atoms with Gasteiger partial charge in [0.1, 0.15) is 18.2 Å². The predicted octanol–water partition coefficient (Wildman–Crippen LogP) is 6.75. The van der Waals surface area contributed by atoms with E-state index in [1.165, 1.54) is 12.1 Å². The average Bonchev–Trinajstić information content (AvgIpc) is 3.37. The summed E-state index contributed by atoms with van der Waals surface area (Å²) in [6, 6.07) is 25.5. The summed E-state index contributed by atoms with van der Waals surface area (Å²) < 4.78 is 24.4. The molecule has 0 amide bonds. The van der Waals surface area contributed by atoms with Gasteiger partial charge in [-0.25, -0.2) is 9.37 Å². The van der Waals surface area contributed by atoms with Gasteiger partial charge in [-0.1, -0.05) is 12.1 Å². The minimum Gasteiger partial charge on any atom is -0.487 e. The Labute approximate surface area is 184 Å². The molecule has 0 atom stereocenters. The Bertz CT molecular complexity index is 1440. The zero-order valence-electron chi connectivity index (χ0n) is 17.0. The van der Waals surface area contributed by atoms with Gasteiger partial charge in [0.2, 0.25) is 0 Å². The number of hydrogen-bond donors (Lipinski definition) is 0. The Hall–Kier alpha value is -4.43. The van der Waals surface area contributed by atoms with Crippen LogP contribution in [-0.2, 0) is 6.61 Å². The molecule has 0 bridgehead atoms. The fraction of sp³-hybridized carbons (Fsp3) is 0.0370. The molecule has 0 saturated carbocycles. The summed E-state index contributed by atoms with van der Waals surface area (Å²) in [6.07, 6.45) is 3.28. The van der Waals surface area contributed by atoms with Crippen molar-refractivity contribution in [2.24, 2.45) is 0 Å². The van der Waals surface area contributed by atoms with Gasteiger partial charge in [0, 0.05) is 11.1 Å². The molecule has 3 aromatic carbocycles. The molecule has 0 radical (unpaired) electrons. The number of benzene rings is 3. The minimum absolute atomic E-state index is 0.278. The summed E-state index contributed by atoms with van der Waals surface area (Å²) >= 11 is 0. The van der Waals surface area contributed by atoms with Crippen molar-refractivity contribution < 1.29 is 13.5 Å². The first-order chi connectivity index (χ1) is 15.7. The lowest BCUT2D eigenvalue weighted by Gasteiger charge is -2.10. The number of furan rings is 1. The molecule has 4 nitrogen and oxygen atoms in total. The molecule has 5 heteroatoms. The molecule has 5 rings (SSSR count). The summed E-state index contributed by atoms with van der Waals surface area (Å²) in [7, 11) is 0. The van der Waals surface area contributed by atoms with Gasteiger partial charge in [-0.3, -0.25) is 0 Å². The van der Waals surface area contributed by atoms with Crippen molar-refractivity contribution in [1.29, 1.82) is 5.26 Å². The molecule has 154 valence electrons. The third kappa shape index (κ3) is 3.94. The summed E-state index contributed by atoms with van der Waals surface area (Å²) in [5.74, 6) is 0.403. The maximum atomic E-state index is 13.2. The van der Waals surface area contributed by atoms with E-state index in [0.717, 1.165) is 38.9 Å². The van der Waals surface area contributed by atoms with E-state index < -0.39 is 0 Å². The molecule has 0 fully saturated rings. The zero-order chi connectivity index (χ0) is 21.9. The van der Waals surface area contributed by atoms with Crippen molar-refractivity contribution in [2.45, 2.75) is 6.61 Å². The number of pyridine rings is 1. The maximum Gasteiger partial charge on any atom is 0.130 e. The van der Waals surface area contributed by atoms with Crippen LogP contribution in [-0.4, -0.2) is 4.98 Å². The highest BCUT2D eigenvalue weighted by Crippen LogP contribution is 2.33. The predicted molar refractivity (Wildman–Crippen MR) is 120 cm³/mol. The molecular formula is C27H17FN2O2. The summed E-state index contributed by atoms with van der Waals surface area (Å²) in [5, 5.41) is 11.4. The molecule has 0 aliphatic carbocycles. The first kappa shape index (κ1) is 19.5. The molecular weight excluding hydrogens is 403 g/mol. The summed E-state index contributed by atoms with van der Waals surface area (Å²) in [6.45, 7) is 0.285. The Morgan fingerprint density at radius 1 is 0.938 bits per heavy atom. The van der Waals surface area contributed by atoms with Crippen LogP contribution in [0.5, 0.6) is 5.75 Å². The highest BCUT2D eigenvalue weighted by molar-refractivity contribution is 5.98. The molecule has 2 heterocycles. The van der Waals surface area contributed by atoms with Crippen molar-refractivity contribution in [1.82, 2.24) is 4.98 Å². The van der Waals surface area contributed by atoms with Crippen LogP contribution in [0.4, 0.5) is 4.39 Å². The molecule has 0 aliphatic rings. The van der Waals surface area contributed by atoms with E-state index in [1.807, 2.05) is 54.6 Å². The molecule has 5 aromatic rings. The van der Waals surface area contributed by atoms with Crippen molar-refractivity contribution in [3.8, 4) is 34.2 Å². The van der Waals surface area contributed by atoms with Crippen molar-refractivity contribution in [3.05, 3.63) is 108 Å². The lowest BCUT2D eigenvalue weighted by atomic mass is 9.97. The maximum absolute atomic E-state index is 13.2. The fourth-order valence-corrected chi connectivity index (χ4v) is 3.66. The van der Waals surface area contributed by atoms with Crippen LogP contribution in [0.25, 0.3) is 33.2 Å². The first-order valence-electron chi connectivity index (χ1n) is 10.0. The third-order valence-electron chi connectivity index (χ3n) is 5.22. The Balaban J connectivity index is 1.41. The number of nitrogens with zero attached hydrogens (tertiary/aromatic N) is 2. The number of halogens is 1. The molecule has 0 N–H and O–H groups in total. The van der Waals surface area contributed by atoms with Gasteiger partial charge in [0.25, 0.3) is 0 Å². The van der Waals surface area contributed by atoms with E-state index in [9.17, 15) is 9.65 Å². The van der Waals surface area contributed by atoms with Crippen LogP contribution in [0.3, 0.4) is 0 Å². The van der Waals surface area contributed by atoms with Crippen LogP contribution >= 0.6 is 0 Å². The molecule has 0 unspecified atom stereocenters. The Morgan fingerprint density at radius 3 is 2.59 bits per heavy atom. The minimum atomic E-state index is -0.278. The number of ether oxygens (including phenoxy) is 1. The molecule has 0 spiro atoms. The van der Waals surface area contributed by atoms with Crippen LogP contribution in [0.1, 0.15) is 11.3 Å². The van der Waals surface area contributed by atoms with Crippen molar-refractivity contribution in [2.75, 3.05) is 0 Å². The van der Waals surface area contributed by atoms with Gasteiger partial charge in [-0.05, 0) is 83.1 Å². The zero-order valence-corrected chi connectivity index (χ0v) is 17.0. The van der Waals surface area contributed by atoms with Gasteiger partial charge in [-0.15, -0.1) is 0 Å². The van der Waals surface area contributed by atoms with E-state index in [2.05, 4.69) is 11.1 Å². The van der Waals surface area contributed by atoms with E-state index in [0.29, 0.717) is 11.3 Å². The number of aromatic nitrogens is 1. The van der Waals surface area contributed by atoms with Gasteiger partial charge in [0.05, 0.1) is 35.5 Å². The quantitative estimate of drug-likeness (QED) is 0.315. The normalized spacial score (nSPS) is 10.8. The van der Waals surface area contributed by atoms with Gasteiger partial charge in [0.15, 0.2) is 0 Å². The van der Waals surface area contributed by atoms with Crippen LogP contribution in [0.15, 0.2) is 95.8 Å². The lowest BCUT2D eigenvalue weighted by molar-refractivity contribution is 0.302. The van der Waals surface area contributed by atoms with Crippen molar-refractivity contribution >= 4 is 10.8 Å². The van der Waals surface area contributed by atoms with E-state index in [4.69, 9.17) is 9.15 Å². The van der Waals surface area contributed by atoms with E-state index in [-0.39, 0.29) is 12.4 Å². The second-order valence-corrected chi connectivity index (χ2v) is 7.34. The molecule has 0 aliphatic heterocycles. The van der Waals surface area contributed by atoms with Gasteiger partial charge >= 0.3 is 0 Å². The second kappa shape index (κ2) is 8.37. The van der Waals surface area contributed by atoms with E-state index in [1.54, 1.807) is 24.7 Å². The monoisotopic (exact) mass is 420 g/mol. The number of fused-ring (bicyclic) bond motifs is 1. The van der Waals surface area contributed by atoms with Crippen LogP contribution in [0.2, 0.25) is 0 Å². The Morgan fingerprint density at radius 2 is 1.81 bits per heavy atom. The number of hydrogen-bond acceptors (Lipinski definition) is 4. The van der Waals surface area contributed by atoms with E-state index >= 15 is 0 Å². The van der Waals surface area contributed by atoms with Crippen LogP contribution < -0.4 is 4.74 Å². The first-order valence-corrected chi connectivity index (χ1v) is 10.0. The topological polar surface area (TPSA) is 59.0 Å². The molecule has 32 heavy (non-hydrogen) atoms. The largest absolute Gasteiger partial charge is 0.487 e. The summed E-state index contributed by atoms with van der Waals surface area (Å²) in [5.41, 5.74) is 4.79. The third-order valence-corrected chi connectivity index (χ3v) is 5.22. The fourth-order valence-electron chi connectivity index (χ4n) is 3.66. The SMILES string of the molecule is N#Cc1cc(-c2ccoc2)c2ccc(OCc3cccc(-c4ccc(F)cc4)n3)cc2c1. The van der Waals surface area contributed by atoms with Crippen molar-refractivity contribution in [3.63, 3.8) is 0 Å². The smallest absolute Gasteiger partial charge is 0.130 e. The lowest BCUT2D eigenvalue weighted by Crippen LogP contribution is -1.99. The average molecular weight is 420 g/mol. The molecule has 2 aromatic heterocycles. The summed E-state index contributed by atoms with van der Waals surface area (Å²) in [4.78, 5) is 4.62. The van der Waals surface area contributed by atoms with Crippen LogP contribution in [0, 0.1) is 17.1 Å².